The number of hydrogen-bond donors (Lipinski definition) is 2. The first-order chi connectivity index (χ1) is 4.24. The largest absolute Gasteiger partial charge is 0.370 e. The van der Waals surface area contributed by atoms with Crippen LogP contribution in [0.4, 0.5) is 4.39 Å². The van der Waals surface area contributed by atoms with Crippen LogP contribution in [0.3, 0.4) is 0 Å². The fourth-order valence-corrected chi connectivity index (χ4v) is 0.864. The van der Waals surface area contributed by atoms with Crippen molar-refractivity contribution in [2.24, 2.45) is 11.7 Å². The lowest BCUT2D eigenvalue weighted by Gasteiger charge is -2.37. The summed E-state index contributed by atoms with van der Waals surface area (Å²) in [6, 6.07) is 0. The standard InChI is InChI=1S/C5H10FN3/c6-1-4-2-9(3-4)5(7)8/h4H,1-3H2,(H3,7,8). The van der Waals surface area contributed by atoms with Gasteiger partial charge in [-0.25, -0.2) is 0 Å². The topological polar surface area (TPSA) is 53.1 Å². The van der Waals surface area contributed by atoms with Gasteiger partial charge in [-0.15, -0.1) is 0 Å². The Morgan fingerprint density at radius 3 is 2.67 bits per heavy atom. The van der Waals surface area contributed by atoms with E-state index in [9.17, 15) is 4.39 Å². The lowest BCUT2D eigenvalue weighted by Crippen LogP contribution is -2.53. The molecule has 0 saturated carbocycles. The van der Waals surface area contributed by atoms with Crippen molar-refractivity contribution in [3.8, 4) is 0 Å². The second kappa shape index (κ2) is 2.21. The van der Waals surface area contributed by atoms with Crippen LogP contribution in [0.15, 0.2) is 0 Å². The number of halogens is 1. The Labute approximate surface area is 53.1 Å². The molecule has 0 amide bonds. The molecule has 3 nitrogen and oxygen atoms in total. The molecule has 1 heterocycles. The minimum Gasteiger partial charge on any atom is -0.370 e. The Bertz CT molecular complexity index is 119. The third-order valence-electron chi connectivity index (χ3n) is 1.52. The molecule has 1 aliphatic heterocycles. The number of hydrogen-bond acceptors (Lipinski definition) is 1. The van der Waals surface area contributed by atoms with Crippen LogP contribution < -0.4 is 5.73 Å². The zero-order valence-electron chi connectivity index (χ0n) is 5.10. The van der Waals surface area contributed by atoms with E-state index >= 15 is 0 Å². The zero-order chi connectivity index (χ0) is 6.85. The monoisotopic (exact) mass is 131 g/mol. The normalized spacial score (nSPS) is 19.4. The highest BCUT2D eigenvalue weighted by Gasteiger charge is 2.26. The molecule has 9 heavy (non-hydrogen) atoms. The van der Waals surface area contributed by atoms with Crippen LogP contribution in [0.2, 0.25) is 0 Å². The van der Waals surface area contributed by atoms with E-state index < -0.39 is 0 Å². The summed E-state index contributed by atoms with van der Waals surface area (Å²) in [7, 11) is 0. The van der Waals surface area contributed by atoms with Crippen LogP contribution in [0.1, 0.15) is 0 Å². The summed E-state index contributed by atoms with van der Waals surface area (Å²) in [4.78, 5) is 1.64. The SMILES string of the molecule is N=C(N)N1CC(CF)C1. The molecule has 0 aromatic carbocycles. The highest BCUT2D eigenvalue weighted by molar-refractivity contribution is 5.75. The van der Waals surface area contributed by atoms with E-state index in [1.807, 2.05) is 0 Å². The summed E-state index contributed by atoms with van der Waals surface area (Å²) in [5.74, 6) is 0.175. The summed E-state index contributed by atoms with van der Waals surface area (Å²) < 4.78 is 11.7. The minimum absolute atomic E-state index is 0.0553. The Morgan fingerprint density at radius 2 is 2.33 bits per heavy atom. The number of alkyl halides is 1. The van der Waals surface area contributed by atoms with Crippen LogP contribution >= 0.6 is 0 Å². The molecule has 52 valence electrons. The van der Waals surface area contributed by atoms with Crippen molar-refractivity contribution in [2.45, 2.75) is 0 Å². The van der Waals surface area contributed by atoms with Crippen LogP contribution in [0.5, 0.6) is 0 Å². The number of nitrogens with zero attached hydrogens (tertiary/aromatic N) is 1. The van der Waals surface area contributed by atoms with Crippen molar-refractivity contribution >= 4 is 5.96 Å². The minimum atomic E-state index is -0.288. The van der Waals surface area contributed by atoms with Gasteiger partial charge in [0.15, 0.2) is 5.96 Å². The quantitative estimate of drug-likeness (QED) is 0.382. The number of rotatable bonds is 1. The Hall–Kier alpha value is -0.800. The highest BCUT2D eigenvalue weighted by atomic mass is 19.1. The number of guanidine groups is 1. The number of likely N-dealkylation sites (tertiary alicyclic amines) is 1. The van der Waals surface area contributed by atoms with E-state index in [0.717, 1.165) is 0 Å². The molecule has 1 saturated heterocycles. The van der Waals surface area contributed by atoms with Crippen molar-refractivity contribution in [3.63, 3.8) is 0 Å². The first kappa shape index (κ1) is 6.32. The van der Waals surface area contributed by atoms with Crippen LogP contribution in [0, 0.1) is 11.3 Å². The lowest BCUT2D eigenvalue weighted by molar-refractivity contribution is 0.151. The maximum Gasteiger partial charge on any atom is 0.188 e. The molecular formula is C5H10FN3. The fourth-order valence-electron chi connectivity index (χ4n) is 0.864. The summed E-state index contributed by atoms with van der Waals surface area (Å²) in [5.41, 5.74) is 5.10. The average Bonchev–Trinajstić information content (AvgIpc) is 1.61. The van der Waals surface area contributed by atoms with Gasteiger partial charge in [-0.1, -0.05) is 0 Å². The molecular weight excluding hydrogens is 121 g/mol. The lowest BCUT2D eigenvalue weighted by atomic mass is 10.0. The predicted octanol–water partition coefficient (Wildman–Crippen LogP) is -0.219. The van der Waals surface area contributed by atoms with Gasteiger partial charge in [-0.05, 0) is 0 Å². The Kier molecular flexibility index (Phi) is 1.55. The van der Waals surface area contributed by atoms with Crippen LogP contribution in [-0.4, -0.2) is 30.6 Å². The van der Waals surface area contributed by atoms with Gasteiger partial charge in [0.05, 0.1) is 6.67 Å². The molecule has 1 rings (SSSR count). The van der Waals surface area contributed by atoms with E-state index in [1.54, 1.807) is 4.90 Å². The maximum absolute atomic E-state index is 11.7. The van der Waals surface area contributed by atoms with Crippen molar-refractivity contribution in [1.82, 2.24) is 4.90 Å². The van der Waals surface area contributed by atoms with Crippen LogP contribution in [-0.2, 0) is 0 Å². The second-order valence-electron chi connectivity index (χ2n) is 2.31. The molecule has 0 bridgehead atoms. The van der Waals surface area contributed by atoms with Crippen molar-refractivity contribution in [3.05, 3.63) is 0 Å². The maximum atomic E-state index is 11.7. The van der Waals surface area contributed by atoms with Crippen LogP contribution in [0.25, 0.3) is 0 Å². The third kappa shape index (κ3) is 1.12. The van der Waals surface area contributed by atoms with Gasteiger partial charge in [-0.3, -0.25) is 9.80 Å². The van der Waals surface area contributed by atoms with Gasteiger partial charge in [-0.2, -0.15) is 0 Å². The molecule has 0 atom stereocenters. The molecule has 0 aromatic rings. The van der Waals surface area contributed by atoms with E-state index in [2.05, 4.69) is 0 Å². The molecule has 0 unspecified atom stereocenters. The summed E-state index contributed by atoms with van der Waals surface area (Å²) >= 11 is 0. The van der Waals surface area contributed by atoms with E-state index in [-0.39, 0.29) is 18.6 Å². The van der Waals surface area contributed by atoms with E-state index in [0.29, 0.717) is 13.1 Å². The average molecular weight is 131 g/mol. The van der Waals surface area contributed by atoms with Crippen molar-refractivity contribution in [2.75, 3.05) is 19.8 Å². The Balaban J connectivity index is 2.19. The number of nitrogens with two attached hydrogens (primary N) is 1. The van der Waals surface area contributed by atoms with E-state index in [4.69, 9.17) is 11.1 Å². The van der Waals surface area contributed by atoms with Gasteiger partial charge in [0.2, 0.25) is 0 Å². The molecule has 0 aromatic heterocycles. The van der Waals surface area contributed by atoms with Gasteiger partial charge >= 0.3 is 0 Å². The highest BCUT2D eigenvalue weighted by Crippen LogP contribution is 2.13. The first-order valence-electron chi connectivity index (χ1n) is 2.89. The van der Waals surface area contributed by atoms with E-state index in [1.165, 1.54) is 0 Å². The molecule has 0 aliphatic carbocycles. The van der Waals surface area contributed by atoms with Gasteiger partial charge in [0.1, 0.15) is 0 Å². The summed E-state index contributed by atoms with van der Waals surface area (Å²) in [6.45, 7) is 0.946. The fraction of sp³-hybridized carbons (Fsp3) is 0.800. The van der Waals surface area contributed by atoms with Gasteiger partial charge < -0.3 is 10.6 Å². The Morgan fingerprint density at radius 1 is 1.78 bits per heavy atom. The van der Waals surface area contributed by atoms with Crippen molar-refractivity contribution in [1.29, 1.82) is 5.41 Å². The predicted molar refractivity (Wildman–Crippen MR) is 33.0 cm³/mol. The molecule has 1 fully saturated rings. The second-order valence-corrected chi connectivity index (χ2v) is 2.31. The summed E-state index contributed by atoms with van der Waals surface area (Å²) in [6.07, 6.45) is 0. The van der Waals surface area contributed by atoms with Gasteiger partial charge in [0.25, 0.3) is 0 Å². The number of nitrogens with one attached hydrogen (secondary N) is 1. The zero-order valence-corrected chi connectivity index (χ0v) is 5.10. The third-order valence-corrected chi connectivity index (χ3v) is 1.52. The molecule has 0 radical (unpaired) electrons. The molecule has 0 spiro atoms. The molecule has 1 aliphatic rings. The van der Waals surface area contributed by atoms with Gasteiger partial charge in [0, 0.05) is 19.0 Å². The summed E-state index contributed by atoms with van der Waals surface area (Å²) in [5, 5.41) is 6.90. The van der Waals surface area contributed by atoms with Crippen molar-refractivity contribution < 1.29 is 4.39 Å². The first-order valence-corrected chi connectivity index (χ1v) is 2.89. The molecule has 3 N–H and O–H groups in total. The molecule has 4 heteroatoms. The smallest absolute Gasteiger partial charge is 0.188 e.